The molecule has 3 heteroatoms. The van der Waals surface area contributed by atoms with Crippen molar-refractivity contribution in [2.45, 2.75) is 32.2 Å². The molecule has 1 unspecified atom stereocenters. The lowest BCUT2D eigenvalue weighted by molar-refractivity contribution is -0.503. The van der Waals surface area contributed by atoms with Crippen molar-refractivity contribution < 1.29 is 4.76 Å². The van der Waals surface area contributed by atoms with E-state index in [9.17, 15) is 4.91 Å². The SMILES string of the molecule is CCCCC1C=NC=C[N+]1=O. The van der Waals surface area contributed by atoms with Crippen LogP contribution in [0.25, 0.3) is 0 Å². The molecule has 11 heavy (non-hydrogen) atoms. The van der Waals surface area contributed by atoms with Crippen molar-refractivity contribution in [1.82, 2.24) is 0 Å². The summed E-state index contributed by atoms with van der Waals surface area (Å²) in [7, 11) is 0. The number of hydrogen-bond donors (Lipinski definition) is 0. The standard InChI is InChI=1S/C8H13N2O/c1-2-3-4-8-7-9-5-6-10(8)11/h5-8H,2-4H2,1H3/q+1. The van der Waals surface area contributed by atoms with Crippen LogP contribution in [-0.4, -0.2) is 17.0 Å². The Kier molecular flexibility index (Phi) is 2.95. The van der Waals surface area contributed by atoms with Crippen LogP contribution in [-0.2, 0) is 0 Å². The zero-order valence-corrected chi connectivity index (χ0v) is 6.73. The first-order chi connectivity index (χ1) is 5.34. The van der Waals surface area contributed by atoms with Crippen LogP contribution < -0.4 is 0 Å². The van der Waals surface area contributed by atoms with Crippen molar-refractivity contribution in [3.8, 4) is 0 Å². The molecule has 3 nitrogen and oxygen atoms in total. The summed E-state index contributed by atoms with van der Waals surface area (Å²) in [6.45, 7) is 2.12. The minimum atomic E-state index is -0.0278. The molecule has 0 aromatic rings. The first-order valence-corrected chi connectivity index (χ1v) is 4.00. The van der Waals surface area contributed by atoms with Gasteiger partial charge in [-0.05, 0) is 6.42 Å². The fourth-order valence-corrected chi connectivity index (χ4v) is 1.04. The van der Waals surface area contributed by atoms with Gasteiger partial charge >= 0.3 is 0 Å². The zero-order chi connectivity index (χ0) is 8.10. The van der Waals surface area contributed by atoms with Crippen LogP contribution in [0.2, 0.25) is 0 Å². The Hall–Kier alpha value is -0.990. The molecule has 1 rings (SSSR count). The van der Waals surface area contributed by atoms with E-state index in [1.54, 1.807) is 6.21 Å². The van der Waals surface area contributed by atoms with Gasteiger partial charge in [-0.1, -0.05) is 13.3 Å². The third kappa shape index (κ3) is 2.26. The Balaban J connectivity index is 2.39. The molecule has 0 spiro atoms. The van der Waals surface area contributed by atoms with Crippen LogP contribution in [0.5, 0.6) is 0 Å². The van der Waals surface area contributed by atoms with E-state index in [-0.39, 0.29) is 6.04 Å². The van der Waals surface area contributed by atoms with Crippen molar-refractivity contribution in [3.63, 3.8) is 0 Å². The van der Waals surface area contributed by atoms with E-state index in [2.05, 4.69) is 11.9 Å². The van der Waals surface area contributed by atoms with Gasteiger partial charge in [0.25, 0.3) is 0 Å². The monoisotopic (exact) mass is 153 g/mol. The predicted molar refractivity (Wildman–Crippen MR) is 44.6 cm³/mol. The average Bonchev–Trinajstić information content (AvgIpc) is 2.03. The molecule has 1 heterocycles. The second-order valence-corrected chi connectivity index (χ2v) is 2.67. The predicted octanol–water partition coefficient (Wildman–Crippen LogP) is 1.88. The summed E-state index contributed by atoms with van der Waals surface area (Å²) in [5.41, 5.74) is 0. The van der Waals surface area contributed by atoms with Gasteiger partial charge in [-0.2, -0.15) is 0 Å². The minimum absolute atomic E-state index is 0.0278. The molecule has 0 fully saturated rings. The normalized spacial score (nSPS) is 22.6. The zero-order valence-electron chi connectivity index (χ0n) is 6.73. The molecule has 0 aliphatic carbocycles. The number of aliphatic imine (C=N–C) groups is 1. The topological polar surface area (TPSA) is 32.4 Å². The summed E-state index contributed by atoms with van der Waals surface area (Å²) in [6, 6.07) is -0.0278. The van der Waals surface area contributed by atoms with Crippen molar-refractivity contribution in [3.05, 3.63) is 17.3 Å². The fourth-order valence-electron chi connectivity index (χ4n) is 1.04. The molecule has 1 atom stereocenters. The van der Waals surface area contributed by atoms with Gasteiger partial charge in [-0.15, -0.1) is 0 Å². The maximum absolute atomic E-state index is 11.0. The van der Waals surface area contributed by atoms with Gasteiger partial charge in [-0.3, -0.25) is 4.99 Å². The van der Waals surface area contributed by atoms with Crippen LogP contribution in [0.1, 0.15) is 26.2 Å². The lowest BCUT2D eigenvalue weighted by Gasteiger charge is -2.01. The van der Waals surface area contributed by atoms with Crippen molar-refractivity contribution in [1.29, 1.82) is 0 Å². The molecule has 0 N–H and O–H groups in total. The van der Waals surface area contributed by atoms with Crippen LogP contribution >= 0.6 is 0 Å². The molecule has 0 amide bonds. The van der Waals surface area contributed by atoms with Crippen LogP contribution in [0.4, 0.5) is 0 Å². The smallest absolute Gasteiger partial charge is 0.242 e. The Morgan fingerprint density at radius 1 is 1.64 bits per heavy atom. The molecule has 0 bridgehead atoms. The fraction of sp³-hybridized carbons (Fsp3) is 0.625. The van der Waals surface area contributed by atoms with Crippen LogP contribution in [0.3, 0.4) is 0 Å². The Bertz CT molecular complexity index is 196. The van der Waals surface area contributed by atoms with E-state index in [4.69, 9.17) is 0 Å². The van der Waals surface area contributed by atoms with Crippen molar-refractivity contribution in [2.24, 2.45) is 4.99 Å². The third-order valence-electron chi connectivity index (χ3n) is 1.74. The van der Waals surface area contributed by atoms with Gasteiger partial charge in [0, 0.05) is 16.1 Å². The van der Waals surface area contributed by atoms with Crippen LogP contribution in [0, 0.1) is 4.91 Å². The summed E-state index contributed by atoms with van der Waals surface area (Å²) in [5, 5.41) is 0. The highest BCUT2D eigenvalue weighted by molar-refractivity contribution is 5.64. The first-order valence-electron chi connectivity index (χ1n) is 4.00. The van der Waals surface area contributed by atoms with E-state index >= 15 is 0 Å². The highest BCUT2D eigenvalue weighted by atomic mass is 16.3. The molecule has 0 radical (unpaired) electrons. The van der Waals surface area contributed by atoms with Gasteiger partial charge in [-0.25, -0.2) is 0 Å². The number of unbranched alkanes of at least 4 members (excludes halogenated alkanes) is 1. The first kappa shape index (κ1) is 8.11. The molecular weight excluding hydrogens is 140 g/mol. The molecule has 60 valence electrons. The van der Waals surface area contributed by atoms with Gasteiger partial charge < -0.3 is 0 Å². The second-order valence-electron chi connectivity index (χ2n) is 2.67. The highest BCUT2D eigenvalue weighted by Gasteiger charge is 2.21. The Labute approximate surface area is 66.4 Å². The lowest BCUT2D eigenvalue weighted by Crippen LogP contribution is -2.23. The lowest BCUT2D eigenvalue weighted by atomic mass is 10.1. The Morgan fingerprint density at radius 2 is 2.45 bits per heavy atom. The molecule has 1 aliphatic rings. The molecule has 0 saturated carbocycles. The van der Waals surface area contributed by atoms with E-state index in [1.165, 1.54) is 12.4 Å². The molecule has 1 aliphatic heterocycles. The van der Waals surface area contributed by atoms with Gasteiger partial charge in [0.05, 0.1) is 12.4 Å². The van der Waals surface area contributed by atoms with Gasteiger partial charge in [0.1, 0.15) is 0 Å². The summed E-state index contributed by atoms with van der Waals surface area (Å²) >= 11 is 0. The molecular formula is C8H13N2O+. The maximum atomic E-state index is 11.0. The average molecular weight is 153 g/mol. The number of rotatable bonds is 3. The van der Waals surface area contributed by atoms with E-state index in [1.807, 2.05) is 0 Å². The molecule has 0 saturated heterocycles. The highest BCUT2D eigenvalue weighted by Crippen LogP contribution is 2.05. The van der Waals surface area contributed by atoms with E-state index in [0.717, 1.165) is 24.0 Å². The van der Waals surface area contributed by atoms with Gasteiger partial charge in [0.2, 0.25) is 12.2 Å². The summed E-state index contributed by atoms with van der Waals surface area (Å²) in [5.74, 6) is 0. The largest absolute Gasteiger partial charge is 0.256 e. The number of nitroso groups, excluding NO2 is 1. The molecule has 0 aromatic carbocycles. The number of nitrogens with zero attached hydrogens (tertiary/aromatic N) is 2. The quantitative estimate of drug-likeness (QED) is 0.570. The number of hydrogen-bond acceptors (Lipinski definition) is 2. The van der Waals surface area contributed by atoms with Gasteiger partial charge in [0.15, 0.2) is 0 Å². The minimum Gasteiger partial charge on any atom is -0.256 e. The van der Waals surface area contributed by atoms with Crippen LogP contribution in [0.15, 0.2) is 17.4 Å². The summed E-state index contributed by atoms with van der Waals surface area (Å²) < 4.78 is 0.961. The Morgan fingerprint density at radius 3 is 3.09 bits per heavy atom. The van der Waals surface area contributed by atoms with Crippen molar-refractivity contribution in [2.75, 3.05) is 0 Å². The van der Waals surface area contributed by atoms with E-state index < -0.39 is 0 Å². The summed E-state index contributed by atoms with van der Waals surface area (Å²) in [6.07, 6.45) is 7.83. The van der Waals surface area contributed by atoms with Crippen molar-refractivity contribution >= 4 is 6.21 Å². The molecule has 0 aromatic heterocycles. The third-order valence-corrected chi connectivity index (χ3v) is 1.74. The maximum Gasteiger partial charge on any atom is 0.242 e. The summed E-state index contributed by atoms with van der Waals surface area (Å²) in [4.78, 5) is 15.0. The van der Waals surface area contributed by atoms with E-state index in [0.29, 0.717) is 0 Å². The second kappa shape index (κ2) is 4.01.